The zero-order valence-corrected chi connectivity index (χ0v) is 25.1. The SMILES string of the molecule is CC(C)(C)C(=O)OCOc1ccc2ccc(OCCCCN3CCN(c4cccc(I)c4Cl)CC3)cc2n1. The van der Waals surface area contributed by atoms with E-state index in [1.807, 2.05) is 30.3 Å². The van der Waals surface area contributed by atoms with Crippen molar-refractivity contribution < 1.29 is 19.0 Å². The molecule has 1 saturated heterocycles. The van der Waals surface area contributed by atoms with Crippen LogP contribution in [0.25, 0.3) is 10.9 Å². The molecular formula is C29H35ClIN3O4. The van der Waals surface area contributed by atoms with Gasteiger partial charge < -0.3 is 19.1 Å². The highest BCUT2D eigenvalue weighted by Crippen LogP contribution is 2.31. The van der Waals surface area contributed by atoms with Crippen LogP contribution in [0.15, 0.2) is 48.5 Å². The Morgan fingerprint density at radius 2 is 1.79 bits per heavy atom. The molecule has 0 atom stereocenters. The summed E-state index contributed by atoms with van der Waals surface area (Å²) in [6.45, 7) is 11.0. The minimum absolute atomic E-state index is 0.167. The molecule has 0 unspecified atom stereocenters. The molecule has 2 heterocycles. The van der Waals surface area contributed by atoms with Crippen molar-refractivity contribution in [3.05, 3.63) is 57.1 Å². The maximum absolute atomic E-state index is 11.9. The van der Waals surface area contributed by atoms with Gasteiger partial charge in [-0.1, -0.05) is 17.7 Å². The van der Waals surface area contributed by atoms with Crippen LogP contribution in [0.5, 0.6) is 11.6 Å². The summed E-state index contributed by atoms with van der Waals surface area (Å²) in [7, 11) is 0. The van der Waals surface area contributed by atoms with E-state index in [9.17, 15) is 4.79 Å². The van der Waals surface area contributed by atoms with E-state index in [1.54, 1.807) is 26.8 Å². The zero-order valence-electron chi connectivity index (χ0n) is 22.2. The lowest BCUT2D eigenvalue weighted by atomic mass is 9.98. The minimum atomic E-state index is -0.572. The Kier molecular flexibility index (Phi) is 9.95. The van der Waals surface area contributed by atoms with Gasteiger partial charge >= 0.3 is 5.97 Å². The minimum Gasteiger partial charge on any atom is -0.494 e. The second kappa shape index (κ2) is 13.2. The average Bonchev–Trinajstić information content (AvgIpc) is 2.89. The lowest BCUT2D eigenvalue weighted by Gasteiger charge is -2.36. The van der Waals surface area contributed by atoms with Gasteiger partial charge in [0.1, 0.15) is 5.75 Å². The van der Waals surface area contributed by atoms with Crippen molar-refractivity contribution in [1.29, 1.82) is 0 Å². The summed E-state index contributed by atoms with van der Waals surface area (Å²) in [5, 5.41) is 1.84. The molecule has 0 N–H and O–H groups in total. The number of piperazine rings is 1. The monoisotopic (exact) mass is 651 g/mol. The van der Waals surface area contributed by atoms with Gasteiger partial charge in [-0.3, -0.25) is 9.69 Å². The molecule has 0 amide bonds. The molecule has 9 heteroatoms. The normalized spacial score (nSPS) is 14.5. The number of hydrogen-bond acceptors (Lipinski definition) is 7. The molecule has 0 radical (unpaired) electrons. The molecule has 0 bridgehead atoms. The highest BCUT2D eigenvalue weighted by atomic mass is 127. The first-order valence-corrected chi connectivity index (χ1v) is 14.4. The third-order valence-electron chi connectivity index (χ3n) is 6.43. The number of anilines is 1. The standard InChI is InChI=1S/C29H35ClIN3O4/c1-29(2,3)28(35)38-20-37-26-12-10-21-9-11-22(19-24(21)32-26)36-18-5-4-13-33-14-16-34(17-15-33)25-8-6-7-23(31)27(25)30/h6-12,19H,4-5,13-18,20H2,1-3H3. The van der Waals surface area contributed by atoms with Crippen LogP contribution >= 0.6 is 34.2 Å². The summed E-state index contributed by atoms with van der Waals surface area (Å²) in [6.07, 6.45) is 2.07. The van der Waals surface area contributed by atoms with Gasteiger partial charge in [0, 0.05) is 47.3 Å². The Balaban J connectivity index is 1.17. The molecule has 1 aromatic heterocycles. The topological polar surface area (TPSA) is 64.1 Å². The van der Waals surface area contributed by atoms with Crippen molar-refractivity contribution in [2.45, 2.75) is 33.6 Å². The Morgan fingerprint density at radius 3 is 2.55 bits per heavy atom. The van der Waals surface area contributed by atoms with Crippen molar-refractivity contribution in [1.82, 2.24) is 9.88 Å². The lowest BCUT2D eigenvalue weighted by molar-refractivity contribution is -0.159. The number of halogens is 2. The van der Waals surface area contributed by atoms with Gasteiger partial charge in [-0.15, -0.1) is 0 Å². The Bertz CT molecular complexity index is 1240. The number of ether oxygens (including phenoxy) is 3. The highest BCUT2D eigenvalue weighted by molar-refractivity contribution is 14.1. The molecule has 0 saturated carbocycles. The molecule has 0 aliphatic carbocycles. The molecule has 1 fully saturated rings. The molecule has 2 aromatic carbocycles. The molecule has 0 spiro atoms. The van der Waals surface area contributed by atoms with Crippen molar-refractivity contribution in [2.24, 2.45) is 5.41 Å². The predicted octanol–water partition coefficient (Wildman–Crippen LogP) is 6.40. The average molecular weight is 652 g/mol. The van der Waals surface area contributed by atoms with Crippen molar-refractivity contribution in [3.63, 3.8) is 0 Å². The maximum Gasteiger partial charge on any atom is 0.314 e. The van der Waals surface area contributed by atoms with E-state index in [4.69, 9.17) is 25.8 Å². The Hall–Kier alpha value is -2.30. The van der Waals surface area contributed by atoms with Crippen LogP contribution < -0.4 is 14.4 Å². The van der Waals surface area contributed by atoms with Gasteiger partial charge in [0.25, 0.3) is 0 Å². The van der Waals surface area contributed by atoms with E-state index < -0.39 is 5.41 Å². The maximum atomic E-state index is 11.9. The van der Waals surface area contributed by atoms with Gasteiger partial charge in [-0.25, -0.2) is 4.98 Å². The zero-order chi connectivity index (χ0) is 27.1. The summed E-state index contributed by atoms with van der Waals surface area (Å²) in [5.74, 6) is 0.869. The predicted molar refractivity (Wildman–Crippen MR) is 160 cm³/mol. The summed E-state index contributed by atoms with van der Waals surface area (Å²) >= 11 is 8.80. The number of nitrogens with zero attached hydrogens (tertiary/aromatic N) is 3. The Morgan fingerprint density at radius 1 is 1.03 bits per heavy atom. The van der Waals surface area contributed by atoms with Crippen LogP contribution in [0, 0.1) is 8.99 Å². The fraction of sp³-hybridized carbons (Fsp3) is 0.448. The summed E-state index contributed by atoms with van der Waals surface area (Å²) in [6, 6.07) is 15.8. The molecular weight excluding hydrogens is 617 g/mol. The number of aromatic nitrogens is 1. The van der Waals surface area contributed by atoms with Gasteiger partial charge in [-0.05, 0) is 93.1 Å². The number of fused-ring (bicyclic) bond motifs is 1. The smallest absolute Gasteiger partial charge is 0.314 e. The van der Waals surface area contributed by atoms with E-state index in [0.29, 0.717) is 12.5 Å². The lowest BCUT2D eigenvalue weighted by Crippen LogP contribution is -2.46. The molecule has 4 rings (SSSR count). The van der Waals surface area contributed by atoms with Gasteiger partial charge in [0.05, 0.1) is 28.2 Å². The highest BCUT2D eigenvalue weighted by Gasteiger charge is 2.23. The fourth-order valence-corrected chi connectivity index (χ4v) is 4.91. The largest absolute Gasteiger partial charge is 0.494 e. The van der Waals surface area contributed by atoms with E-state index in [2.05, 4.69) is 49.5 Å². The van der Waals surface area contributed by atoms with Crippen LogP contribution in [0.2, 0.25) is 5.02 Å². The number of pyridine rings is 1. The van der Waals surface area contributed by atoms with Crippen LogP contribution in [-0.4, -0.2) is 62.0 Å². The summed E-state index contributed by atoms with van der Waals surface area (Å²) in [4.78, 5) is 21.3. The molecule has 7 nitrogen and oxygen atoms in total. The first kappa shape index (κ1) is 28.7. The third kappa shape index (κ3) is 7.86. The van der Waals surface area contributed by atoms with Crippen molar-refractivity contribution in [2.75, 3.05) is 51.0 Å². The third-order valence-corrected chi connectivity index (χ3v) is 8.04. The second-order valence-corrected chi connectivity index (χ2v) is 11.9. The first-order valence-electron chi connectivity index (χ1n) is 13.0. The molecule has 1 aliphatic heterocycles. The van der Waals surface area contributed by atoms with Crippen LogP contribution in [0.1, 0.15) is 33.6 Å². The Labute approximate surface area is 243 Å². The van der Waals surface area contributed by atoms with Crippen molar-refractivity contribution in [3.8, 4) is 11.6 Å². The number of carbonyl (C=O) groups is 1. The number of carbonyl (C=O) groups excluding carboxylic acids is 1. The molecule has 38 heavy (non-hydrogen) atoms. The van der Waals surface area contributed by atoms with Gasteiger partial charge in [0.15, 0.2) is 0 Å². The van der Waals surface area contributed by atoms with E-state index >= 15 is 0 Å². The molecule has 1 aliphatic rings. The number of esters is 1. The second-order valence-electron chi connectivity index (χ2n) is 10.4. The fourth-order valence-electron chi connectivity index (χ4n) is 4.18. The summed E-state index contributed by atoms with van der Waals surface area (Å²) < 4.78 is 17.8. The number of rotatable bonds is 10. The molecule has 204 valence electrons. The van der Waals surface area contributed by atoms with Gasteiger partial charge in [0.2, 0.25) is 12.7 Å². The number of benzene rings is 2. The van der Waals surface area contributed by atoms with Gasteiger partial charge in [-0.2, -0.15) is 0 Å². The first-order chi connectivity index (χ1) is 18.2. The van der Waals surface area contributed by atoms with Crippen LogP contribution in [-0.2, 0) is 9.53 Å². The van der Waals surface area contributed by atoms with Crippen LogP contribution in [0.4, 0.5) is 5.69 Å². The van der Waals surface area contributed by atoms with E-state index in [0.717, 1.165) is 76.5 Å². The van der Waals surface area contributed by atoms with E-state index in [1.165, 1.54) is 0 Å². The molecule has 3 aromatic rings. The van der Waals surface area contributed by atoms with Crippen molar-refractivity contribution >= 4 is 56.8 Å². The number of unbranched alkanes of at least 4 members (excludes halogenated alkanes) is 1. The quantitative estimate of drug-likeness (QED) is 0.109. The van der Waals surface area contributed by atoms with E-state index in [-0.39, 0.29) is 12.8 Å². The van der Waals surface area contributed by atoms with Crippen LogP contribution in [0.3, 0.4) is 0 Å². The summed E-state index contributed by atoms with van der Waals surface area (Å²) in [5.41, 5.74) is 1.34. The number of hydrogen-bond donors (Lipinski definition) is 0.